The van der Waals surface area contributed by atoms with E-state index in [1.165, 1.54) is 12.8 Å². The summed E-state index contributed by atoms with van der Waals surface area (Å²) in [4.78, 5) is 0. The third-order valence-electron chi connectivity index (χ3n) is 4.61. The fourth-order valence-electron chi connectivity index (χ4n) is 3.27. The molecule has 0 saturated heterocycles. The van der Waals surface area contributed by atoms with Gasteiger partial charge in [0, 0.05) is 5.56 Å². The number of hydrogen-bond donors (Lipinski definition) is 0. The Bertz CT molecular complexity index is 830. The minimum absolute atomic E-state index is 0.243. The molecule has 0 aliphatic heterocycles. The molecule has 0 aromatic heterocycles. The number of benzene rings is 2. The van der Waals surface area contributed by atoms with E-state index in [4.69, 9.17) is 14.2 Å². The van der Waals surface area contributed by atoms with Crippen LogP contribution in [0, 0.1) is 11.3 Å². The van der Waals surface area contributed by atoms with Gasteiger partial charge in [-0.15, -0.1) is 0 Å². The molecule has 0 unspecified atom stereocenters. The average Bonchev–Trinajstić information content (AvgIpc) is 3.19. The maximum absolute atomic E-state index is 9.63. The fraction of sp³-hybridized carbons (Fsp3) is 0.318. The highest BCUT2D eigenvalue weighted by Gasteiger charge is 2.18. The molecular formula is C22H23NO3. The van der Waals surface area contributed by atoms with Gasteiger partial charge in [-0.25, -0.2) is 0 Å². The Morgan fingerprint density at radius 2 is 1.73 bits per heavy atom. The molecule has 3 rings (SSSR count). The predicted molar refractivity (Wildman–Crippen MR) is 102 cm³/mol. The van der Waals surface area contributed by atoms with Crippen LogP contribution < -0.4 is 14.2 Å². The first kappa shape index (κ1) is 17.9. The van der Waals surface area contributed by atoms with Crippen LogP contribution in [-0.4, -0.2) is 20.3 Å². The number of hydrogen-bond acceptors (Lipinski definition) is 4. The van der Waals surface area contributed by atoms with E-state index in [0.717, 1.165) is 29.7 Å². The molecule has 4 heteroatoms. The first-order chi connectivity index (χ1) is 12.7. The Balaban J connectivity index is 1.94. The second-order valence-corrected chi connectivity index (χ2v) is 6.30. The standard InChI is InChI=1S/C22H23NO3/c1-24-20-10-6-5-9-19(20)17(15-23)13-16-11-12-21(25-2)22(14-16)26-18-7-3-4-8-18/h5-6,9-14,18H,3-4,7-8H2,1-2H3. The number of methoxy groups -OCH3 is 2. The maximum atomic E-state index is 9.63. The van der Waals surface area contributed by atoms with Gasteiger partial charge in [-0.1, -0.05) is 18.2 Å². The second-order valence-electron chi connectivity index (χ2n) is 6.30. The molecule has 0 radical (unpaired) electrons. The van der Waals surface area contributed by atoms with E-state index >= 15 is 0 Å². The molecule has 2 aromatic carbocycles. The van der Waals surface area contributed by atoms with Crippen molar-refractivity contribution >= 4 is 11.6 Å². The number of para-hydroxylation sites is 1. The third kappa shape index (κ3) is 4.00. The first-order valence-electron chi connectivity index (χ1n) is 8.85. The normalized spacial score (nSPS) is 14.7. The van der Waals surface area contributed by atoms with E-state index in [2.05, 4.69) is 6.07 Å². The molecule has 26 heavy (non-hydrogen) atoms. The summed E-state index contributed by atoms with van der Waals surface area (Å²) < 4.78 is 17.0. The lowest BCUT2D eigenvalue weighted by Crippen LogP contribution is -2.11. The van der Waals surface area contributed by atoms with Crippen molar-refractivity contribution in [3.63, 3.8) is 0 Å². The van der Waals surface area contributed by atoms with Crippen LogP contribution in [0.3, 0.4) is 0 Å². The largest absolute Gasteiger partial charge is 0.496 e. The molecule has 0 N–H and O–H groups in total. The molecule has 4 nitrogen and oxygen atoms in total. The van der Waals surface area contributed by atoms with Crippen LogP contribution in [0.4, 0.5) is 0 Å². The summed E-state index contributed by atoms with van der Waals surface area (Å²) in [6.07, 6.45) is 6.66. The van der Waals surface area contributed by atoms with Crippen molar-refractivity contribution < 1.29 is 14.2 Å². The minimum Gasteiger partial charge on any atom is -0.496 e. The van der Waals surface area contributed by atoms with E-state index in [0.29, 0.717) is 17.1 Å². The van der Waals surface area contributed by atoms with Crippen molar-refractivity contribution in [2.24, 2.45) is 0 Å². The molecule has 1 fully saturated rings. The van der Waals surface area contributed by atoms with Crippen LogP contribution in [0.2, 0.25) is 0 Å². The van der Waals surface area contributed by atoms with Gasteiger partial charge in [0.05, 0.1) is 32.0 Å². The summed E-state index contributed by atoms with van der Waals surface area (Å²) in [7, 11) is 3.25. The summed E-state index contributed by atoms with van der Waals surface area (Å²) in [5.74, 6) is 2.12. The molecule has 1 aliphatic rings. The fourth-order valence-corrected chi connectivity index (χ4v) is 3.27. The number of nitrogens with zero attached hydrogens (tertiary/aromatic N) is 1. The summed E-state index contributed by atoms with van der Waals surface area (Å²) >= 11 is 0. The quantitative estimate of drug-likeness (QED) is 0.538. The van der Waals surface area contributed by atoms with E-state index in [-0.39, 0.29) is 6.10 Å². The van der Waals surface area contributed by atoms with E-state index < -0.39 is 0 Å². The van der Waals surface area contributed by atoms with Crippen LogP contribution in [0.15, 0.2) is 42.5 Å². The highest BCUT2D eigenvalue weighted by atomic mass is 16.5. The molecular weight excluding hydrogens is 326 g/mol. The van der Waals surface area contributed by atoms with Crippen molar-refractivity contribution in [3.8, 4) is 23.3 Å². The predicted octanol–water partition coefficient (Wildman–Crippen LogP) is 5.09. The molecule has 0 atom stereocenters. The lowest BCUT2D eigenvalue weighted by atomic mass is 10.0. The van der Waals surface area contributed by atoms with Gasteiger partial charge in [0.25, 0.3) is 0 Å². The third-order valence-corrected chi connectivity index (χ3v) is 4.61. The Morgan fingerprint density at radius 1 is 1.00 bits per heavy atom. The van der Waals surface area contributed by atoms with E-state index in [1.807, 2.05) is 48.5 Å². The number of rotatable bonds is 6. The zero-order valence-corrected chi connectivity index (χ0v) is 15.2. The SMILES string of the molecule is COc1ccc(C=C(C#N)c2ccccc2OC)cc1OC1CCCC1. The minimum atomic E-state index is 0.243. The van der Waals surface area contributed by atoms with Gasteiger partial charge in [-0.3, -0.25) is 0 Å². The highest BCUT2D eigenvalue weighted by molar-refractivity contribution is 5.91. The van der Waals surface area contributed by atoms with Crippen LogP contribution in [0.25, 0.3) is 11.6 Å². The summed E-state index contributed by atoms with van der Waals surface area (Å²) in [6, 6.07) is 15.5. The molecule has 1 saturated carbocycles. The molecule has 0 bridgehead atoms. The number of ether oxygens (including phenoxy) is 3. The van der Waals surface area contributed by atoms with Crippen molar-refractivity contribution in [3.05, 3.63) is 53.6 Å². The first-order valence-corrected chi connectivity index (χ1v) is 8.85. The highest BCUT2D eigenvalue weighted by Crippen LogP contribution is 2.34. The van der Waals surface area contributed by atoms with Crippen LogP contribution >= 0.6 is 0 Å². The van der Waals surface area contributed by atoms with Crippen molar-refractivity contribution in [1.82, 2.24) is 0 Å². The summed E-state index contributed by atoms with van der Waals surface area (Å²) in [5.41, 5.74) is 2.20. The Labute approximate surface area is 154 Å². The smallest absolute Gasteiger partial charge is 0.162 e. The van der Waals surface area contributed by atoms with E-state index in [1.54, 1.807) is 14.2 Å². The lowest BCUT2D eigenvalue weighted by molar-refractivity contribution is 0.201. The van der Waals surface area contributed by atoms with Crippen LogP contribution in [0.5, 0.6) is 17.2 Å². The summed E-state index contributed by atoms with van der Waals surface area (Å²) in [5, 5.41) is 9.63. The second kappa shape index (κ2) is 8.44. The number of allylic oxidation sites excluding steroid dienone is 1. The van der Waals surface area contributed by atoms with Gasteiger partial charge in [0.2, 0.25) is 0 Å². The topological polar surface area (TPSA) is 51.5 Å². The van der Waals surface area contributed by atoms with Crippen molar-refractivity contribution in [2.45, 2.75) is 31.8 Å². The zero-order valence-electron chi connectivity index (χ0n) is 15.2. The monoisotopic (exact) mass is 349 g/mol. The Hall–Kier alpha value is -2.93. The van der Waals surface area contributed by atoms with Gasteiger partial charge in [-0.2, -0.15) is 5.26 Å². The number of nitriles is 1. The maximum Gasteiger partial charge on any atom is 0.162 e. The Kier molecular flexibility index (Phi) is 5.80. The average molecular weight is 349 g/mol. The molecule has 0 amide bonds. The van der Waals surface area contributed by atoms with Gasteiger partial charge in [0.1, 0.15) is 5.75 Å². The van der Waals surface area contributed by atoms with Crippen LogP contribution in [-0.2, 0) is 0 Å². The van der Waals surface area contributed by atoms with Gasteiger partial charge < -0.3 is 14.2 Å². The Morgan fingerprint density at radius 3 is 2.42 bits per heavy atom. The molecule has 134 valence electrons. The molecule has 0 heterocycles. The van der Waals surface area contributed by atoms with Gasteiger partial charge >= 0.3 is 0 Å². The zero-order chi connectivity index (χ0) is 18.4. The van der Waals surface area contributed by atoms with Gasteiger partial charge in [-0.05, 0) is 61.6 Å². The molecule has 1 aliphatic carbocycles. The van der Waals surface area contributed by atoms with Crippen molar-refractivity contribution in [2.75, 3.05) is 14.2 Å². The molecule has 2 aromatic rings. The molecule has 0 spiro atoms. The van der Waals surface area contributed by atoms with E-state index in [9.17, 15) is 5.26 Å². The lowest BCUT2D eigenvalue weighted by Gasteiger charge is -2.16. The summed E-state index contributed by atoms with van der Waals surface area (Å²) in [6.45, 7) is 0. The van der Waals surface area contributed by atoms with Crippen molar-refractivity contribution in [1.29, 1.82) is 5.26 Å². The van der Waals surface area contributed by atoms with Gasteiger partial charge in [0.15, 0.2) is 11.5 Å². The van der Waals surface area contributed by atoms with Crippen LogP contribution in [0.1, 0.15) is 36.8 Å².